The highest BCUT2D eigenvalue weighted by Crippen LogP contribution is 2.40. The number of hydrogen-bond acceptors (Lipinski definition) is 8. The van der Waals surface area contributed by atoms with Gasteiger partial charge in [0.2, 0.25) is 5.95 Å². The van der Waals surface area contributed by atoms with Gasteiger partial charge in [0.15, 0.2) is 5.65 Å². The van der Waals surface area contributed by atoms with Crippen molar-refractivity contribution in [3.05, 3.63) is 18.7 Å². The topological polar surface area (TPSA) is 120 Å². The Kier molecular flexibility index (Phi) is 4.09. The number of hydrogen-bond donors (Lipinski definition) is 2. The van der Waals surface area contributed by atoms with Gasteiger partial charge < -0.3 is 15.0 Å². The lowest BCUT2D eigenvalue weighted by Gasteiger charge is -2.45. The Morgan fingerprint density at radius 2 is 2.31 bits per heavy atom. The first kappa shape index (κ1) is 17.8. The number of rotatable bonds is 4. The molecule has 29 heavy (non-hydrogen) atoms. The third-order valence-electron chi connectivity index (χ3n) is 5.40. The van der Waals surface area contributed by atoms with E-state index in [0.29, 0.717) is 43.4 Å². The predicted molar refractivity (Wildman–Crippen MR) is 102 cm³/mol. The molecule has 150 valence electrons. The second kappa shape index (κ2) is 6.66. The third-order valence-corrected chi connectivity index (χ3v) is 5.40. The fourth-order valence-electron chi connectivity index (χ4n) is 3.85. The molecule has 0 saturated carbocycles. The molecule has 0 bridgehead atoms. The molecular weight excluding hydrogens is 377 g/mol. The molecule has 0 aromatic carbocycles. The summed E-state index contributed by atoms with van der Waals surface area (Å²) < 4.78 is 20.9. The molecule has 0 unspecified atom stereocenters. The normalized spacial score (nSPS) is 23.6. The Bertz CT molecular complexity index is 1070. The zero-order valence-corrected chi connectivity index (χ0v) is 15.8. The summed E-state index contributed by atoms with van der Waals surface area (Å²) in [4.78, 5) is 11.2. The SMILES string of the molecule is CC1(C#N)CN(c2c(-c3cn[nH]c3)ncn3nc(N[C@H]4CCOC[C@H]4F)nc23)C1. The van der Waals surface area contributed by atoms with Crippen LogP contribution in [0.2, 0.25) is 0 Å². The van der Waals surface area contributed by atoms with E-state index in [-0.39, 0.29) is 6.61 Å². The van der Waals surface area contributed by atoms with Crippen LogP contribution in [-0.4, -0.2) is 68.3 Å². The molecule has 0 radical (unpaired) electrons. The number of alkyl halides is 1. The maximum atomic E-state index is 14.1. The number of anilines is 2. The highest BCUT2D eigenvalue weighted by atomic mass is 19.1. The van der Waals surface area contributed by atoms with E-state index in [0.717, 1.165) is 11.3 Å². The number of ether oxygens (including phenoxy) is 1. The van der Waals surface area contributed by atoms with Crippen molar-refractivity contribution in [3.63, 3.8) is 0 Å². The highest BCUT2D eigenvalue weighted by Gasteiger charge is 2.41. The fraction of sp³-hybridized carbons (Fsp3) is 0.500. The molecule has 2 aliphatic rings. The Labute approximate surface area is 165 Å². The van der Waals surface area contributed by atoms with E-state index in [4.69, 9.17) is 4.74 Å². The Morgan fingerprint density at radius 1 is 1.45 bits per heavy atom. The Balaban J connectivity index is 1.54. The second-order valence-corrected chi connectivity index (χ2v) is 7.79. The second-order valence-electron chi connectivity index (χ2n) is 7.79. The molecule has 0 aliphatic carbocycles. The van der Waals surface area contributed by atoms with E-state index in [1.807, 2.05) is 6.92 Å². The van der Waals surface area contributed by atoms with Crippen LogP contribution in [0.15, 0.2) is 18.7 Å². The van der Waals surface area contributed by atoms with Gasteiger partial charge in [-0.25, -0.2) is 9.37 Å². The standard InChI is InChI=1S/C18H20FN9O/c1-18(7-20)8-27(9-18)15-14(11-4-22-23-5-11)21-10-28-16(15)25-17(26-28)24-13-2-3-29-6-12(13)19/h4-5,10,12-13H,2-3,6,8-9H2,1H3,(H,22,23)(H,24,26)/t12-,13+/m1/s1. The molecule has 0 amide bonds. The number of fused-ring (bicyclic) bond motifs is 1. The van der Waals surface area contributed by atoms with Crippen molar-refractivity contribution in [1.82, 2.24) is 29.8 Å². The van der Waals surface area contributed by atoms with E-state index >= 15 is 0 Å². The largest absolute Gasteiger partial charge is 0.378 e. The van der Waals surface area contributed by atoms with Crippen molar-refractivity contribution in [3.8, 4) is 17.3 Å². The Hall–Kier alpha value is -3.26. The lowest BCUT2D eigenvalue weighted by molar-refractivity contribution is 0.0284. The monoisotopic (exact) mass is 397 g/mol. The first-order valence-electron chi connectivity index (χ1n) is 9.45. The van der Waals surface area contributed by atoms with Crippen molar-refractivity contribution < 1.29 is 9.13 Å². The maximum absolute atomic E-state index is 14.1. The van der Waals surface area contributed by atoms with Gasteiger partial charge in [-0.2, -0.15) is 19.9 Å². The van der Waals surface area contributed by atoms with E-state index in [2.05, 4.69) is 41.5 Å². The van der Waals surface area contributed by atoms with Crippen molar-refractivity contribution >= 4 is 17.3 Å². The van der Waals surface area contributed by atoms with Crippen LogP contribution in [0.5, 0.6) is 0 Å². The summed E-state index contributed by atoms with van der Waals surface area (Å²) in [5, 5.41) is 23.7. The first-order chi connectivity index (χ1) is 14.1. The number of nitrogens with zero attached hydrogens (tertiary/aromatic N) is 7. The highest BCUT2D eigenvalue weighted by molar-refractivity contribution is 5.86. The van der Waals surface area contributed by atoms with E-state index < -0.39 is 17.6 Å². The maximum Gasteiger partial charge on any atom is 0.243 e. The average Bonchev–Trinajstić information content (AvgIpc) is 3.36. The summed E-state index contributed by atoms with van der Waals surface area (Å²) in [6.07, 6.45) is 4.48. The van der Waals surface area contributed by atoms with Crippen molar-refractivity contribution in [2.24, 2.45) is 5.41 Å². The Morgan fingerprint density at radius 3 is 3.03 bits per heavy atom. The van der Waals surface area contributed by atoms with Gasteiger partial charge >= 0.3 is 0 Å². The van der Waals surface area contributed by atoms with Crippen LogP contribution < -0.4 is 10.2 Å². The summed E-state index contributed by atoms with van der Waals surface area (Å²) in [6, 6.07) is 1.96. The van der Waals surface area contributed by atoms with Gasteiger partial charge in [0.1, 0.15) is 23.9 Å². The van der Waals surface area contributed by atoms with Crippen LogP contribution in [0.1, 0.15) is 13.3 Å². The number of halogens is 1. The number of nitrogens with one attached hydrogen (secondary N) is 2. The van der Waals surface area contributed by atoms with Crippen molar-refractivity contribution in [2.45, 2.75) is 25.6 Å². The lowest BCUT2D eigenvalue weighted by Crippen LogP contribution is -2.54. The minimum Gasteiger partial charge on any atom is -0.378 e. The summed E-state index contributed by atoms with van der Waals surface area (Å²) in [5.41, 5.74) is 2.50. The van der Waals surface area contributed by atoms with Gasteiger partial charge in [0.05, 0.1) is 30.3 Å². The molecule has 11 heteroatoms. The van der Waals surface area contributed by atoms with E-state index in [1.54, 1.807) is 23.2 Å². The zero-order chi connectivity index (χ0) is 20.0. The lowest BCUT2D eigenvalue weighted by atomic mass is 9.83. The number of nitriles is 1. The van der Waals surface area contributed by atoms with Crippen LogP contribution in [0.3, 0.4) is 0 Å². The predicted octanol–water partition coefficient (Wildman–Crippen LogP) is 1.40. The van der Waals surface area contributed by atoms with Gasteiger partial charge in [-0.15, -0.1) is 5.10 Å². The molecule has 5 rings (SSSR count). The summed E-state index contributed by atoms with van der Waals surface area (Å²) in [6.45, 7) is 3.64. The van der Waals surface area contributed by atoms with Crippen LogP contribution >= 0.6 is 0 Å². The average molecular weight is 397 g/mol. The number of aromatic amines is 1. The smallest absolute Gasteiger partial charge is 0.243 e. The van der Waals surface area contributed by atoms with Crippen LogP contribution in [0, 0.1) is 16.7 Å². The summed E-state index contributed by atoms with van der Waals surface area (Å²) in [7, 11) is 0. The molecule has 2 aliphatic heterocycles. The molecule has 2 atom stereocenters. The van der Waals surface area contributed by atoms with Gasteiger partial charge in [-0.1, -0.05) is 0 Å². The molecular formula is C18H20FN9O. The zero-order valence-electron chi connectivity index (χ0n) is 15.8. The van der Waals surface area contributed by atoms with E-state index in [1.165, 1.54) is 0 Å². The molecule has 3 aromatic rings. The minimum atomic E-state index is -1.11. The molecule has 3 aromatic heterocycles. The first-order valence-corrected chi connectivity index (χ1v) is 9.45. The van der Waals surface area contributed by atoms with Gasteiger partial charge in [-0.05, 0) is 13.3 Å². The number of H-pyrrole nitrogens is 1. The third kappa shape index (κ3) is 3.05. The molecule has 5 heterocycles. The quantitative estimate of drug-likeness (QED) is 0.678. The van der Waals surface area contributed by atoms with Crippen molar-refractivity contribution in [1.29, 1.82) is 5.26 Å². The summed E-state index contributed by atoms with van der Waals surface area (Å²) >= 11 is 0. The molecule has 10 nitrogen and oxygen atoms in total. The molecule has 2 saturated heterocycles. The molecule has 2 N–H and O–H groups in total. The number of aromatic nitrogens is 6. The molecule has 2 fully saturated rings. The summed E-state index contributed by atoms with van der Waals surface area (Å²) in [5.74, 6) is 0.343. The van der Waals surface area contributed by atoms with Crippen LogP contribution in [0.25, 0.3) is 16.9 Å². The van der Waals surface area contributed by atoms with Crippen LogP contribution in [-0.2, 0) is 4.74 Å². The van der Waals surface area contributed by atoms with Gasteiger partial charge in [0.25, 0.3) is 0 Å². The van der Waals surface area contributed by atoms with Gasteiger partial charge in [-0.3, -0.25) is 5.10 Å². The minimum absolute atomic E-state index is 0.0724. The van der Waals surface area contributed by atoms with Crippen LogP contribution in [0.4, 0.5) is 16.0 Å². The van der Waals surface area contributed by atoms with Gasteiger partial charge in [0, 0.05) is 31.5 Å². The van der Waals surface area contributed by atoms with E-state index in [9.17, 15) is 9.65 Å². The molecule has 0 spiro atoms. The van der Waals surface area contributed by atoms with Crippen molar-refractivity contribution in [2.75, 3.05) is 36.5 Å². The fourth-order valence-corrected chi connectivity index (χ4v) is 3.85.